The molecule has 27 heavy (non-hydrogen) atoms. The van der Waals surface area contributed by atoms with Crippen LogP contribution in [0.15, 0.2) is 0 Å². The first-order chi connectivity index (χ1) is 13.0. The lowest BCUT2D eigenvalue weighted by molar-refractivity contribution is -0.141. The summed E-state index contributed by atoms with van der Waals surface area (Å²) in [5.74, 6) is -1.27. The van der Waals surface area contributed by atoms with Gasteiger partial charge in [0.2, 0.25) is 17.7 Å². The molecule has 2 rings (SSSR count). The van der Waals surface area contributed by atoms with Crippen LogP contribution in [0, 0.1) is 11.8 Å². The van der Waals surface area contributed by atoms with E-state index in [2.05, 4.69) is 5.32 Å². The molecule has 2 fully saturated rings. The number of hydrogen-bond donors (Lipinski definition) is 2. The van der Waals surface area contributed by atoms with Crippen molar-refractivity contribution in [3.63, 3.8) is 0 Å². The molecule has 1 unspecified atom stereocenters. The van der Waals surface area contributed by atoms with Gasteiger partial charge in [0.1, 0.15) is 0 Å². The van der Waals surface area contributed by atoms with Gasteiger partial charge in [-0.1, -0.05) is 6.42 Å². The van der Waals surface area contributed by atoms with Crippen molar-refractivity contribution in [3.8, 4) is 0 Å². The highest BCUT2D eigenvalue weighted by Crippen LogP contribution is 2.39. The second-order valence-electron chi connectivity index (χ2n) is 6.85. The summed E-state index contributed by atoms with van der Waals surface area (Å²) >= 11 is 0. The van der Waals surface area contributed by atoms with Gasteiger partial charge in [-0.3, -0.25) is 24.1 Å². The molecule has 2 aliphatic rings. The summed E-state index contributed by atoms with van der Waals surface area (Å²) in [5.41, 5.74) is 0. The highest BCUT2D eigenvalue weighted by molar-refractivity contribution is 6.04. The van der Waals surface area contributed by atoms with E-state index in [9.17, 15) is 19.2 Å². The Balaban J connectivity index is 1.49. The third kappa shape index (κ3) is 6.91. The molecule has 0 bridgehead atoms. The number of carbonyl (C=O) groups excluding carboxylic acids is 3. The van der Waals surface area contributed by atoms with Gasteiger partial charge in [-0.15, -0.1) is 0 Å². The Morgan fingerprint density at radius 2 is 1.78 bits per heavy atom. The number of carbonyl (C=O) groups is 4. The van der Waals surface area contributed by atoms with Crippen molar-refractivity contribution in [2.75, 3.05) is 39.5 Å². The molecule has 0 aromatic carbocycles. The lowest BCUT2D eigenvalue weighted by atomic mass is 9.75. The van der Waals surface area contributed by atoms with E-state index in [4.69, 9.17) is 14.6 Å². The number of nitrogens with zero attached hydrogens (tertiary/aromatic N) is 1. The fraction of sp³-hybridized carbons (Fsp3) is 0.778. The number of carboxylic acid groups (broad SMARTS) is 1. The highest BCUT2D eigenvalue weighted by atomic mass is 16.5. The quantitative estimate of drug-likeness (QED) is 0.343. The molecule has 1 heterocycles. The van der Waals surface area contributed by atoms with Crippen LogP contribution in [0.2, 0.25) is 0 Å². The van der Waals surface area contributed by atoms with E-state index in [1.807, 2.05) is 0 Å². The average Bonchev–Trinajstić information content (AvgIpc) is 2.84. The van der Waals surface area contributed by atoms with Crippen molar-refractivity contribution in [1.29, 1.82) is 0 Å². The Kier molecular flexibility index (Phi) is 8.66. The van der Waals surface area contributed by atoms with E-state index < -0.39 is 5.97 Å². The molecule has 2 N–H and O–H groups in total. The smallest absolute Gasteiger partial charge is 0.305 e. The number of likely N-dealkylation sites (tertiary alicyclic amines) is 1. The van der Waals surface area contributed by atoms with Crippen LogP contribution >= 0.6 is 0 Å². The van der Waals surface area contributed by atoms with Crippen LogP contribution in [0.1, 0.15) is 38.5 Å². The van der Waals surface area contributed by atoms with Gasteiger partial charge in [0.15, 0.2) is 0 Å². The van der Waals surface area contributed by atoms with Gasteiger partial charge in [-0.25, -0.2) is 0 Å². The third-order valence-corrected chi connectivity index (χ3v) is 4.96. The van der Waals surface area contributed by atoms with Crippen molar-refractivity contribution in [2.45, 2.75) is 38.5 Å². The Morgan fingerprint density at radius 1 is 1.07 bits per heavy atom. The molecule has 1 saturated heterocycles. The minimum Gasteiger partial charge on any atom is -0.481 e. The second-order valence-corrected chi connectivity index (χ2v) is 6.85. The van der Waals surface area contributed by atoms with Crippen LogP contribution in [0.5, 0.6) is 0 Å². The number of rotatable bonds is 13. The van der Waals surface area contributed by atoms with Crippen LogP contribution in [-0.2, 0) is 28.7 Å². The lowest BCUT2D eigenvalue weighted by Gasteiger charge is -2.29. The number of amides is 3. The van der Waals surface area contributed by atoms with Crippen molar-refractivity contribution in [2.24, 2.45) is 11.8 Å². The fourth-order valence-electron chi connectivity index (χ4n) is 3.20. The minimum absolute atomic E-state index is 0.0422. The first-order valence-electron chi connectivity index (χ1n) is 9.47. The Morgan fingerprint density at radius 3 is 2.41 bits per heavy atom. The summed E-state index contributed by atoms with van der Waals surface area (Å²) < 4.78 is 10.3. The molecular weight excluding hydrogens is 356 g/mol. The summed E-state index contributed by atoms with van der Waals surface area (Å²) in [6, 6.07) is 0. The van der Waals surface area contributed by atoms with E-state index in [0.29, 0.717) is 32.3 Å². The monoisotopic (exact) mass is 384 g/mol. The lowest BCUT2D eigenvalue weighted by Crippen LogP contribution is -2.37. The molecule has 0 aromatic rings. The molecule has 9 heteroatoms. The number of carboxylic acids is 1. The Labute approximate surface area is 158 Å². The van der Waals surface area contributed by atoms with Crippen molar-refractivity contribution in [3.05, 3.63) is 0 Å². The van der Waals surface area contributed by atoms with Gasteiger partial charge in [-0.05, 0) is 18.8 Å². The van der Waals surface area contributed by atoms with Crippen LogP contribution in [-0.4, -0.2) is 73.2 Å². The third-order valence-electron chi connectivity index (χ3n) is 4.96. The topological polar surface area (TPSA) is 122 Å². The average molecular weight is 384 g/mol. The van der Waals surface area contributed by atoms with Crippen molar-refractivity contribution >= 4 is 23.7 Å². The van der Waals surface area contributed by atoms with E-state index in [1.165, 1.54) is 4.90 Å². The highest BCUT2D eigenvalue weighted by Gasteiger charge is 2.44. The summed E-state index contributed by atoms with van der Waals surface area (Å²) in [6.45, 7) is 1.51. The molecule has 1 aliphatic carbocycles. The number of imide groups is 1. The van der Waals surface area contributed by atoms with E-state index in [0.717, 1.165) is 19.3 Å². The summed E-state index contributed by atoms with van der Waals surface area (Å²) in [7, 11) is 0. The molecule has 9 nitrogen and oxygen atoms in total. The summed E-state index contributed by atoms with van der Waals surface area (Å²) in [6.07, 6.45) is 3.49. The van der Waals surface area contributed by atoms with Gasteiger partial charge in [0.05, 0.1) is 38.8 Å². The standard InChI is InChI=1S/C18H28N2O7/c21-15(19-6-9-27-11-10-26-8-5-17(23)24)4-7-20-16(22)12-14(18(20)25)13-2-1-3-13/h13-14H,1-12H2,(H,19,21)(H,23,24). The normalized spacial score (nSPS) is 20.0. The SMILES string of the molecule is O=C(O)CCOCCOCCNC(=O)CCN1C(=O)CC(C2CCC2)C1=O. The number of aliphatic carboxylic acids is 1. The van der Waals surface area contributed by atoms with Gasteiger partial charge in [0, 0.05) is 25.9 Å². The first-order valence-corrected chi connectivity index (χ1v) is 9.47. The number of hydrogen-bond acceptors (Lipinski definition) is 6. The predicted molar refractivity (Wildman–Crippen MR) is 93.7 cm³/mol. The Bertz CT molecular complexity index is 548. The van der Waals surface area contributed by atoms with Gasteiger partial charge in [0.25, 0.3) is 0 Å². The van der Waals surface area contributed by atoms with Crippen LogP contribution < -0.4 is 5.32 Å². The molecule has 3 amide bonds. The van der Waals surface area contributed by atoms with Crippen LogP contribution in [0.4, 0.5) is 0 Å². The van der Waals surface area contributed by atoms with Crippen molar-refractivity contribution < 1.29 is 33.8 Å². The van der Waals surface area contributed by atoms with E-state index in [-0.39, 0.29) is 56.1 Å². The predicted octanol–water partition coefficient (Wildman–Crippen LogP) is 0.176. The molecule has 0 radical (unpaired) electrons. The molecule has 152 valence electrons. The molecule has 0 aromatic heterocycles. The maximum atomic E-state index is 12.3. The second kappa shape index (κ2) is 11.0. The zero-order valence-corrected chi connectivity index (χ0v) is 15.5. The Hall–Kier alpha value is -2.00. The zero-order chi connectivity index (χ0) is 19.6. The zero-order valence-electron chi connectivity index (χ0n) is 15.5. The van der Waals surface area contributed by atoms with Crippen LogP contribution in [0.25, 0.3) is 0 Å². The molecule has 1 saturated carbocycles. The fourth-order valence-corrected chi connectivity index (χ4v) is 3.20. The number of ether oxygens (including phenoxy) is 2. The molecule has 0 spiro atoms. The van der Waals surface area contributed by atoms with Crippen molar-refractivity contribution in [1.82, 2.24) is 10.2 Å². The molecule has 1 aliphatic heterocycles. The van der Waals surface area contributed by atoms with E-state index >= 15 is 0 Å². The summed E-state index contributed by atoms with van der Waals surface area (Å²) in [4.78, 5) is 47.7. The van der Waals surface area contributed by atoms with Gasteiger partial charge >= 0.3 is 5.97 Å². The van der Waals surface area contributed by atoms with Gasteiger partial charge in [-0.2, -0.15) is 0 Å². The largest absolute Gasteiger partial charge is 0.481 e. The molecular formula is C18H28N2O7. The molecule has 1 atom stereocenters. The maximum absolute atomic E-state index is 12.3. The van der Waals surface area contributed by atoms with Crippen LogP contribution in [0.3, 0.4) is 0 Å². The maximum Gasteiger partial charge on any atom is 0.305 e. The first kappa shape index (κ1) is 21.3. The minimum atomic E-state index is -0.908. The van der Waals surface area contributed by atoms with E-state index in [1.54, 1.807) is 0 Å². The van der Waals surface area contributed by atoms with Gasteiger partial charge < -0.3 is 19.9 Å². The summed E-state index contributed by atoms with van der Waals surface area (Å²) in [5, 5.41) is 11.1. The number of nitrogens with one attached hydrogen (secondary N) is 1.